The van der Waals surface area contributed by atoms with Crippen LogP contribution in [-0.4, -0.2) is 44.8 Å². The molecule has 2 amide bonds. The number of amides is 2. The van der Waals surface area contributed by atoms with E-state index in [0.717, 1.165) is 22.4 Å². The molecule has 0 saturated carbocycles. The maximum absolute atomic E-state index is 13.1. The van der Waals surface area contributed by atoms with Crippen LogP contribution >= 0.6 is 0 Å². The molecular weight excluding hydrogens is 372 g/mol. The topological polar surface area (TPSA) is 77.1 Å². The Labute approximate surface area is 170 Å². The van der Waals surface area contributed by atoms with Crippen LogP contribution in [0, 0.1) is 6.92 Å². The van der Waals surface area contributed by atoms with Crippen LogP contribution in [0.5, 0.6) is 11.5 Å². The molecular formula is C22H26N2O5. The highest BCUT2D eigenvalue weighted by atomic mass is 16.5. The molecule has 0 saturated heterocycles. The summed E-state index contributed by atoms with van der Waals surface area (Å²) < 4.78 is 15.7. The maximum Gasteiger partial charge on any atom is 0.322 e. The summed E-state index contributed by atoms with van der Waals surface area (Å²) in [5, 5.41) is 2.96. The van der Waals surface area contributed by atoms with E-state index in [2.05, 4.69) is 5.32 Å². The molecule has 0 radical (unpaired) electrons. The summed E-state index contributed by atoms with van der Waals surface area (Å²) in [4.78, 5) is 26.9. The number of hydrogen-bond donors (Lipinski definition) is 1. The molecule has 0 unspecified atom stereocenters. The summed E-state index contributed by atoms with van der Waals surface area (Å²) in [5.74, 6) is 0.800. The first kappa shape index (κ1) is 20.5. The summed E-state index contributed by atoms with van der Waals surface area (Å²) in [6.07, 6.45) is 0.703. The van der Waals surface area contributed by atoms with E-state index < -0.39 is 6.04 Å². The summed E-state index contributed by atoms with van der Waals surface area (Å²) in [5.41, 5.74) is 3.59. The largest absolute Gasteiger partial charge is 0.493 e. The number of nitrogens with one attached hydrogen (secondary N) is 1. The third-order valence-electron chi connectivity index (χ3n) is 5.24. The lowest BCUT2D eigenvalue weighted by atomic mass is 9.90. The van der Waals surface area contributed by atoms with Gasteiger partial charge in [-0.1, -0.05) is 18.2 Å². The Morgan fingerprint density at radius 2 is 1.79 bits per heavy atom. The molecule has 154 valence electrons. The van der Waals surface area contributed by atoms with Gasteiger partial charge in [0, 0.05) is 12.2 Å². The van der Waals surface area contributed by atoms with Crippen LogP contribution in [0.3, 0.4) is 0 Å². The standard InChI is InChI=1S/C22H26N2O5/c1-14-7-5-6-8-17(14)23-22(26)24-10-9-15-11-19(27-2)20(28-3)12-16(15)18(24)13-21(25)29-4/h5-8,11-12,18H,9-10,13H2,1-4H3,(H,23,26)/t18-/m0/s1. The number of hydrogen-bond acceptors (Lipinski definition) is 5. The Kier molecular flexibility index (Phi) is 6.26. The van der Waals surface area contributed by atoms with Crippen molar-refractivity contribution in [1.29, 1.82) is 0 Å². The molecule has 2 aromatic rings. The first-order chi connectivity index (χ1) is 14.0. The lowest BCUT2D eigenvalue weighted by molar-refractivity contribution is -0.141. The number of ether oxygens (including phenoxy) is 3. The van der Waals surface area contributed by atoms with Gasteiger partial charge in [-0.25, -0.2) is 4.79 Å². The van der Waals surface area contributed by atoms with Gasteiger partial charge in [0.05, 0.1) is 33.8 Å². The molecule has 0 aromatic heterocycles. The first-order valence-electron chi connectivity index (χ1n) is 9.43. The smallest absolute Gasteiger partial charge is 0.322 e. The van der Waals surface area contributed by atoms with Gasteiger partial charge < -0.3 is 24.4 Å². The third-order valence-corrected chi connectivity index (χ3v) is 5.24. The van der Waals surface area contributed by atoms with Gasteiger partial charge in [-0.15, -0.1) is 0 Å². The fraction of sp³-hybridized carbons (Fsp3) is 0.364. The molecule has 1 heterocycles. The average Bonchev–Trinajstić information content (AvgIpc) is 2.74. The SMILES string of the molecule is COC(=O)C[C@H]1c2cc(OC)c(OC)cc2CCN1C(=O)Nc1ccccc1C. The molecule has 1 aliphatic heterocycles. The van der Waals surface area contributed by atoms with Crippen molar-refractivity contribution in [1.82, 2.24) is 4.90 Å². The van der Waals surface area contributed by atoms with Crippen LogP contribution in [0.15, 0.2) is 36.4 Å². The quantitative estimate of drug-likeness (QED) is 0.777. The van der Waals surface area contributed by atoms with Crippen LogP contribution in [-0.2, 0) is 16.0 Å². The predicted octanol–water partition coefficient (Wildman–Crippen LogP) is 3.71. The van der Waals surface area contributed by atoms with Crippen LogP contribution in [0.25, 0.3) is 0 Å². The number of urea groups is 1. The number of fused-ring (bicyclic) bond motifs is 1. The zero-order valence-corrected chi connectivity index (χ0v) is 17.2. The minimum atomic E-state index is -0.463. The number of carbonyl (C=O) groups is 2. The molecule has 29 heavy (non-hydrogen) atoms. The van der Waals surface area contributed by atoms with Crippen molar-refractivity contribution in [2.75, 3.05) is 33.2 Å². The van der Waals surface area contributed by atoms with Gasteiger partial charge in [0.1, 0.15) is 0 Å². The number of aryl methyl sites for hydroxylation is 1. The van der Waals surface area contributed by atoms with Gasteiger partial charge in [-0.2, -0.15) is 0 Å². The summed E-state index contributed by atoms with van der Waals surface area (Å²) in [6.45, 7) is 2.41. The number of anilines is 1. The molecule has 2 aromatic carbocycles. The van der Waals surface area contributed by atoms with Crippen LogP contribution in [0.4, 0.5) is 10.5 Å². The maximum atomic E-state index is 13.1. The Balaban J connectivity index is 1.96. The molecule has 0 spiro atoms. The molecule has 1 atom stereocenters. The predicted molar refractivity (Wildman–Crippen MR) is 110 cm³/mol. The van der Waals surface area contributed by atoms with Crippen molar-refractivity contribution in [3.63, 3.8) is 0 Å². The van der Waals surface area contributed by atoms with Crippen molar-refractivity contribution >= 4 is 17.7 Å². The van der Waals surface area contributed by atoms with Crippen molar-refractivity contribution in [3.05, 3.63) is 53.1 Å². The minimum absolute atomic E-state index is 0.0557. The highest BCUT2D eigenvalue weighted by molar-refractivity contribution is 5.91. The lowest BCUT2D eigenvalue weighted by Crippen LogP contribution is -2.43. The van der Waals surface area contributed by atoms with Gasteiger partial charge in [0.25, 0.3) is 0 Å². The molecule has 0 aliphatic carbocycles. The van der Waals surface area contributed by atoms with Gasteiger partial charge in [0.15, 0.2) is 11.5 Å². The monoisotopic (exact) mass is 398 g/mol. The molecule has 7 nitrogen and oxygen atoms in total. The molecule has 3 rings (SSSR count). The number of methoxy groups -OCH3 is 3. The Bertz CT molecular complexity index is 912. The summed E-state index contributed by atoms with van der Waals surface area (Å²) in [7, 11) is 4.49. The first-order valence-corrected chi connectivity index (χ1v) is 9.43. The third kappa shape index (κ3) is 4.29. The number of benzene rings is 2. The van der Waals surface area contributed by atoms with Crippen molar-refractivity contribution in [2.45, 2.75) is 25.8 Å². The fourth-order valence-corrected chi connectivity index (χ4v) is 3.63. The summed E-state index contributed by atoms with van der Waals surface area (Å²) in [6, 6.07) is 10.6. The van der Waals surface area contributed by atoms with Gasteiger partial charge in [0.2, 0.25) is 0 Å². The average molecular weight is 398 g/mol. The van der Waals surface area contributed by atoms with E-state index in [4.69, 9.17) is 14.2 Å². The molecule has 7 heteroatoms. The highest BCUT2D eigenvalue weighted by Gasteiger charge is 2.34. The minimum Gasteiger partial charge on any atom is -0.493 e. The number of esters is 1. The normalized spacial score (nSPS) is 15.3. The van der Waals surface area contributed by atoms with E-state index >= 15 is 0 Å². The lowest BCUT2D eigenvalue weighted by Gasteiger charge is -2.37. The van der Waals surface area contributed by atoms with E-state index in [1.54, 1.807) is 19.1 Å². The Hall–Kier alpha value is -3.22. The number of rotatable bonds is 5. The van der Waals surface area contributed by atoms with E-state index in [0.29, 0.717) is 24.5 Å². The van der Waals surface area contributed by atoms with E-state index in [9.17, 15) is 9.59 Å². The van der Waals surface area contributed by atoms with E-state index in [1.807, 2.05) is 43.3 Å². The Morgan fingerprint density at radius 1 is 1.10 bits per heavy atom. The van der Waals surface area contributed by atoms with Gasteiger partial charge in [-0.3, -0.25) is 4.79 Å². The zero-order valence-electron chi connectivity index (χ0n) is 17.2. The second-order valence-electron chi connectivity index (χ2n) is 6.89. The van der Waals surface area contributed by atoms with Crippen molar-refractivity contribution in [2.24, 2.45) is 0 Å². The van der Waals surface area contributed by atoms with Crippen LogP contribution in [0.2, 0.25) is 0 Å². The van der Waals surface area contributed by atoms with Crippen molar-refractivity contribution < 1.29 is 23.8 Å². The van der Waals surface area contributed by atoms with Gasteiger partial charge in [-0.05, 0) is 48.2 Å². The fourth-order valence-electron chi connectivity index (χ4n) is 3.63. The molecule has 0 fully saturated rings. The number of nitrogens with zero attached hydrogens (tertiary/aromatic N) is 1. The molecule has 1 N–H and O–H groups in total. The Morgan fingerprint density at radius 3 is 2.45 bits per heavy atom. The number of para-hydroxylation sites is 1. The second kappa shape index (κ2) is 8.86. The van der Waals surface area contributed by atoms with Crippen molar-refractivity contribution in [3.8, 4) is 11.5 Å². The number of carbonyl (C=O) groups excluding carboxylic acids is 2. The second-order valence-corrected chi connectivity index (χ2v) is 6.89. The van der Waals surface area contributed by atoms with Crippen LogP contribution in [0.1, 0.15) is 29.2 Å². The van der Waals surface area contributed by atoms with Crippen LogP contribution < -0.4 is 14.8 Å². The zero-order chi connectivity index (χ0) is 21.0. The van der Waals surface area contributed by atoms with E-state index in [-0.39, 0.29) is 18.4 Å². The summed E-state index contributed by atoms with van der Waals surface area (Å²) >= 11 is 0. The van der Waals surface area contributed by atoms with Gasteiger partial charge >= 0.3 is 12.0 Å². The molecule has 0 bridgehead atoms. The van der Waals surface area contributed by atoms with E-state index in [1.165, 1.54) is 7.11 Å². The molecule has 1 aliphatic rings. The highest BCUT2D eigenvalue weighted by Crippen LogP contribution is 2.39.